The predicted molar refractivity (Wildman–Crippen MR) is 117 cm³/mol. The van der Waals surface area contributed by atoms with Gasteiger partial charge in [0.05, 0.1) is 10.7 Å². The lowest BCUT2D eigenvalue weighted by Crippen LogP contribution is -2.05. The van der Waals surface area contributed by atoms with E-state index in [2.05, 4.69) is 25.5 Å². The molecule has 0 aliphatic rings. The Morgan fingerprint density at radius 2 is 1.97 bits per heavy atom. The van der Waals surface area contributed by atoms with Crippen molar-refractivity contribution < 1.29 is 4.39 Å². The van der Waals surface area contributed by atoms with Crippen molar-refractivity contribution in [3.8, 4) is 17.1 Å². The highest BCUT2D eigenvalue weighted by molar-refractivity contribution is 6.30. The topological polar surface area (TPSA) is 72.9 Å². The summed E-state index contributed by atoms with van der Waals surface area (Å²) < 4.78 is 17.7. The van der Waals surface area contributed by atoms with E-state index < -0.39 is 5.82 Å². The summed E-state index contributed by atoms with van der Waals surface area (Å²) in [5, 5.41) is 12.1. The molecule has 1 aromatic carbocycles. The van der Waals surface area contributed by atoms with Crippen molar-refractivity contribution in [1.29, 1.82) is 0 Å². The fraction of sp³-hybridized carbons (Fsp3) is 0.0909. The molecule has 0 radical (unpaired) electrons. The molecule has 9 heteroatoms. The average Bonchev–Trinajstić information content (AvgIpc) is 3.41. The highest BCUT2D eigenvalue weighted by Gasteiger charge is 2.15. The van der Waals surface area contributed by atoms with Crippen molar-refractivity contribution >= 4 is 23.1 Å². The maximum Gasteiger partial charge on any atom is 0.155 e. The Kier molecular flexibility index (Phi) is 4.83. The molecular formula is C22H17ClFN7. The number of rotatable bonds is 5. The van der Waals surface area contributed by atoms with Crippen LogP contribution in [0.25, 0.3) is 22.7 Å². The molecule has 0 atom stereocenters. The third kappa shape index (κ3) is 3.73. The number of aryl methyl sites for hydroxylation is 1. The summed E-state index contributed by atoms with van der Waals surface area (Å²) in [7, 11) is 0. The Labute approximate surface area is 182 Å². The monoisotopic (exact) mass is 433 g/mol. The van der Waals surface area contributed by atoms with Gasteiger partial charge in [-0.1, -0.05) is 29.8 Å². The van der Waals surface area contributed by atoms with Crippen LogP contribution in [0.3, 0.4) is 0 Å². The van der Waals surface area contributed by atoms with Crippen LogP contribution in [-0.4, -0.2) is 29.4 Å². The fourth-order valence-corrected chi connectivity index (χ4v) is 3.53. The fourth-order valence-electron chi connectivity index (χ4n) is 3.34. The Hall–Kier alpha value is -3.78. The maximum atomic E-state index is 14.3. The summed E-state index contributed by atoms with van der Waals surface area (Å²) in [5.41, 5.74) is 3.78. The molecule has 7 nitrogen and oxygen atoms in total. The zero-order valence-electron chi connectivity index (χ0n) is 16.5. The van der Waals surface area contributed by atoms with Crippen molar-refractivity contribution in [2.75, 3.05) is 5.32 Å². The molecule has 0 bridgehead atoms. The quantitative estimate of drug-likeness (QED) is 0.435. The number of nitrogens with one attached hydrogen (secondary N) is 1. The van der Waals surface area contributed by atoms with Crippen LogP contribution < -0.4 is 5.32 Å². The van der Waals surface area contributed by atoms with Crippen molar-refractivity contribution in [1.82, 2.24) is 29.4 Å². The highest BCUT2D eigenvalue weighted by atomic mass is 35.5. The van der Waals surface area contributed by atoms with Gasteiger partial charge in [0.1, 0.15) is 18.0 Å². The Morgan fingerprint density at radius 1 is 1.10 bits per heavy atom. The Bertz CT molecular complexity index is 1390. The number of pyridine rings is 2. The zero-order valence-corrected chi connectivity index (χ0v) is 17.3. The lowest BCUT2D eigenvalue weighted by atomic mass is 10.2. The smallest absolute Gasteiger partial charge is 0.155 e. The molecule has 0 aliphatic heterocycles. The van der Waals surface area contributed by atoms with E-state index in [-0.39, 0.29) is 11.6 Å². The molecule has 31 heavy (non-hydrogen) atoms. The minimum absolute atomic E-state index is 0.0936. The van der Waals surface area contributed by atoms with Crippen LogP contribution in [0.15, 0.2) is 67.1 Å². The average molecular weight is 434 g/mol. The molecule has 4 aromatic heterocycles. The van der Waals surface area contributed by atoms with E-state index >= 15 is 0 Å². The lowest BCUT2D eigenvalue weighted by molar-refractivity contribution is 0.613. The molecule has 0 fully saturated rings. The first-order valence-corrected chi connectivity index (χ1v) is 9.97. The second-order valence-corrected chi connectivity index (χ2v) is 7.42. The summed E-state index contributed by atoms with van der Waals surface area (Å²) in [5.74, 6) is 0.825. The third-order valence-corrected chi connectivity index (χ3v) is 5.16. The molecule has 0 unspecified atom stereocenters. The van der Waals surface area contributed by atoms with Crippen molar-refractivity contribution in [2.24, 2.45) is 0 Å². The minimum atomic E-state index is -0.436. The van der Waals surface area contributed by atoms with Gasteiger partial charge >= 0.3 is 0 Å². The predicted octanol–water partition coefficient (Wildman–Crippen LogP) is 4.69. The van der Waals surface area contributed by atoms with Crippen molar-refractivity contribution in [2.45, 2.75) is 13.5 Å². The molecule has 0 aliphatic carbocycles. The molecule has 0 spiro atoms. The molecule has 0 saturated heterocycles. The van der Waals surface area contributed by atoms with E-state index in [1.54, 1.807) is 21.3 Å². The zero-order chi connectivity index (χ0) is 21.4. The van der Waals surface area contributed by atoms with Crippen LogP contribution in [0.1, 0.15) is 11.3 Å². The van der Waals surface area contributed by atoms with Gasteiger partial charge in [-0.05, 0) is 37.3 Å². The minimum Gasteiger partial charge on any atom is -0.364 e. The van der Waals surface area contributed by atoms with Crippen LogP contribution in [0, 0.1) is 12.7 Å². The molecule has 4 heterocycles. The van der Waals surface area contributed by atoms with Gasteiger partial charge < -0.3 is 5.32 Å². The maximum absolute atomic E-state index is 14.3. The molecule has 0 saturated carbocycles. The van der Waals surface area contributed by atoms with E-state index in [1.807, 2.05) is 49.5 Å². The first-order valence-electron chi connectivity index (χ1n) is 9.59. The summed E-state index contributed by atoms with van der Waals surface area (Å²) in [6.07, 6.45) is 3.35. The summed E-state index contributed by atoms with van der Waals surface area (Å²) in [4.78, 5) is 8.86. The van der Waals surface area contributed by atoms with Crippen LogP contribution in [0.5, 0.6) is 0 Å². The van der Waals surface area contributed by atoms with Crippen molar-refractivity contribution in [3.05, 3.63) is 89.2 Å². The van der Waals surface area contributed by atoms with Gasteiger partial charge in [0, 0.05) is 35.6 Å². The highest BCUT2D eigenvalue weighted by Crippen LogP contribution is 2.27. The van der Waals surface area contributed by atoms with Gasteiger partial charge in [-0.3, -0.25) is 0 Å². The largest absolute Gasteiger partial charge is 0.364 e. The summed E-state index contributed by atoms with van der Waals surface area (Å²) in [6, 6.07) is 16.4. The Morgan fingerprint density at radius 3 is 2.84 bits per heavy atom. The molecule has 5 rings (SSSR count). The molecule has 0 amide bonds. The third-order valence-electron chi connectivity index (χ3n) is 4.87. The van der Waals surface area contributed by atoms with Crippen LogP contribution >= 0.6 is 11.6 Å². The van der Waals surface area contributed by atoms with E-state index in [0.717, 1.165) is 22.6 Å². The number of fused-ring (bicyclic) bond motifs is 1. The van der Waals surface area contributed by atoms with Gasteiger partial charge in [0.15, 0.2) is 11.5 Å². The normalized spacial score (nSPS) is 11.2. The molecule has 154 valence electrons. The number of hydrogen-bond donors (Lipinski definition) is 1. The van der Waals surface area contributed by atoms with Crippen LogP contribution in [0.4, 0.5) is 10.2 Å². The van der Waals surface area contributed by atoms with Gasteiger partial charge in [0.2, 0.25) is 0 Å². The second kappa shape index (κ2) is 7.81. The van der Waals surface area contributed by atoms with Gasteiger partial charge in [-0.25, -0.2) is 23.6 Å². The second-order valence-electron chi connectivity index (χ2n) is 7.01. The van der Waals surface area contributed by atoms with E-state index in [0.29, 0.717) is 17.2 Å². The van der Waals surface area contributed by atoms with E-state index in [4.69, 9.17) is 11.6 Å². The van der Waals surface area contributed by atoms with Crippen LogP contribution in [-0.2, 0) is 6.54 Å². The molecule has 5 aromatic rings. The SMILES string of the molecule is Cc1cccc(-n2nc(NCc3cccc(Cl)c3F)cc2-c2ccn3ncnc3c2)n1. The van der Waals surface area contributed by atoms with Crippen molar-refractivity contribution in [3.63, 3.8) is 0 Å². The van der Waals surface area contributed by atoms with E-state index in [1.165, 1.54) is 12.4 Å². The number of benzene rings is 1. The van der Waals surface area contributed by atoms with Crippen LogP contribution in [0.2, 0.25) is 5.02 Å². The Balaban J connectivity index is 1.55. The lowest BCUT2D eigenvalue weighted by Gasteiger charge is -2.07. The van der Waals surface area contributed by atoms with Gasteiger partial charge in [0.25, 0.3) is 0 Å². The first kappa shape index (κ1) is 19.2. The van der Waals surface area contributed by atoms with Gasteiger partial charge in [-0.2, -0.15) is 5.10 Å². The van der Waals surface area contributed by atoms with Gasteiger partial charge in [-0.15, -0.1) is 5.10 Å². The summed E-state index contributed by atoms with van der Waals surface area (Å²) >= 11 is 5.89. The summed E-state index contributed by atoms with van der Waals surface area (Å²) in [6.45, 7) is 2.17. The molecular weight excluding hydrogens is 417 g/mol. The number of hydrogen-bond acceptors (Lipinski definition) is 5. The number of aromatic nitrogens is 6. The number of nitrogens with zero attached hydrogens (tertiary/aromatic N) is 6. The standard InChI is InChI=1S/C22H17ClFN7/c1-14-4-2-7-20(28-14)31-18(15-8-9-30-21(10-15)26-13-27-30)11-19(29-31)25-12-16-5-3-6-17(23)22(16)24/h2-11,13H,12H2,1H3,(H,25,29). The first-order chi connectivity index (χ1) is 15.1. The van der Waals surface area contributed by atoms with E-state index in [9.17, 15) is 4.39 Å². The number of anilines is 1. The number of halogens is 2. The molecule has 1 N–H and O–H groups in total.